The fourth-order valence-corrected chi connectivity index (χ4v) is 15.5. The predicted octanol–water partition coefficient (Wildman–Crippen LogP) is 12.8. The molecular weight excluding hydrogens is 793 g/mol. The number of aromatic nitrogens is 2. The first-order valence-electron chi connectivity index (χ1n) is 22.0. The maximum Gasteiger partial charge on any atom is 0.179 e. The van der Waals surface area contributed by atoms with Crippen LogP contribution in [0.4, 0.5) is 0 Å². The van der Waals surface area contributed by atoms with Gasteiger partial charge < -0.3 is 13.6 Å². The van der Waals surface area contributed by atoms with Crippen molar-refractivity contribution in [2.24, 2.45) is 0 Å². The van der Waals surface area contributed by atoms with Crippen LogP contribution in [0.15, 0.2) is 247 Å². The van der Waals surface area contributed by atoms with Crippen molar-refractivity contribution in [3.63, 3.8) is 0 Å². The lowest BCUT2D eigenvalue weighted by Crippen LogP contribution is -2.74. The highest BCUT2D eigenvalue weighted by molar-refractivity contribution is 7.19. The lowest BCUT2D eigenvalue weighted by Gasteiger charge is -2.34. The van der Waals surface area contributed by atoms with Crippen molar-refractivity contribution in [2.45, 2.75) is 0 Å². The Morgan fingerprint density at radius 2 is 0.750 bits per heavy atom. The van der Waals surface area contributed by atoms with Crippen LogP contribution in [0.25, 0.3) is 88.1 Å². The van der Waals surface area contributed by atoms with E-state index < -0.39 is 8.07 Å². The van der Waals surface area contributed by atoms with Crippen molar-refractivity contribution in [1.29, 1.82) is 0 Å². The minimum Gasteiger partial charge on any atom is -0.456 e. The van der Waals surface area contributed by atoms with Gasteiger partial charge in [-0.05, 0) is 68.3 Å². The quantitative estimate of drug-likeness (QED) is 0.116. The fraction of sp³-hybridized carbons (Fsp3) is 0. The molecule has 0 aliphatic heterocycles. The van der Waals surface area contributed by atoms with Gasteiger partial charge in [0.25, 0.3) is 0 Å². The largest absolute Gasteiger partial charge is 0.456 e. The van der Waals surface area contributed by atoms with E-state index in [1.807, 2.05) is 0 Å². The van der Waals surface area contributed by atoms with Gasteiger partial charge in [0, 0.05) is 38.7 Å². The molecule has 64 heavy (non-hydrogen) atoms. The Bertz CT molecular complexity index is 3770. The Morgan fingerprint density at radius 1 is 0.312 bits per heavy atom. The normalized spacial score (nSPS) is 12.1. The van der Waals surface area contributed by atoms with Gasteiger partial charge in [0.1, 0.15) is 11.2 Å². The molecule has 3 aromatic heterocycles. The number of hydrogen-bond acceptors (Lipinski definition) is 1. The molecule has 0 saturated carbocycles. The molecule has 13 rings (SSSR count). The van der Waals surface area contributed by atoms with E-state index in [2.05, 4.69) is 252 Å². The molecule has 0 radical (unpaired) electrons. The smallest absolute Gasteiger partial charge is 0.179 e. The molecule has 0 N–H and O–H groups in total. The second-order valence-corrected chi connectivity index (χ2v) is 20.6. The second kappa shape index (κ2) is 14.5. The summed E-state index contributed by atoms with van der Waals surface area (Å²) in [5, 5.41) is 12.4. The van der Waals surface area contributed by atoms with Crippen molar-refractivity contribution in [3.05, 3.63) is 243 Å². The van der Waals surface area contributed by atoms with E-state index in [0.717, 1.165) is 44.3 Å². The zero-order chi connectivity index (χ0) is 42.2. The summed E-state index contributed by atoms with van der Waals surface area (Å²) in [4.78, 5) is 0. The Morgan fingerprint density at radius 3 is 1.34 bits per heavy atom. The summed E-state index contributed by atoms with van der Waals surface area (Å²) in [6.07, 6.45) is 0. The van der Waals surface area contributed by atoms with Crippen LogP contribution in [0, 0.1) is 0 Å². The van der Waals surface area contributed by atoms with Crippen molar-refractivity contribution in [3.8, 4) is 22.5 Å². The first-order valence-corrected chi connectivity index (χ1v) is 24.0. The van der Waals surface area contributed by atoms with Gasteiger partial charge in [-0.2, -0.15) is 0 Å². The van der Waals surface area contributed by atoms with E-state index in [4.69, 9.17) is 4.42 Å². The molecule has 0 bridgehead atoms. The Labute approximate surface area is 371 Å². The molecule has 0 amide bonds. The molecule has 0 unspecified atom stereocenters. The number of furan rings is 1. The SMILES string of the molecule is c1ccc(-c2ccc([Si](c3ccccc3)(c3ccccc3)c3ccc(-n4c5ccccc5c5c(-n6c7ccccc7c7ccccc76)cc6oc7ccccc7c6c54)cc3)cc2)cc1. The van der Waals surface area contributed by atoms with Gasteiger partial charge >= 0.3 is 0 Å². The minimum absolute atomic E-state index is 0.866. The number of nitrogens with zero attached hydrogens (tertiary/aromatic N) is 2. The van der Waals surface area contributed by atoms with Gasteiger partial charge in [-0.1, -0.05) is 200 Å². The summed E-state index contributed by atoms with van der Waals surface area (Å²) in [7, 11) is -2.83. The van der Waals surface area contributed by atoms with Gasteiger partial charge in [0.05, 0.1) is 33.1 Å². The van der Waals surface area contributed by atoms with Crippen LogP contribution in [0.2, 0.25) is 0 Å². The summed E-state index contributed by atoms with van der Waals surface area (Å²) >= 11 is 0. The molecule has 3 heterocycles. The molecule has 0 spiro atoms. The zero-order valence-corrected chi connectivity index (χ0v) is 35.9. The highest BCUT2D eigenvalue weighted by atomic mass is 28.3. The Balaban J connectivity index is 1.10. The molecule has 0 saturated heterocycles. The number of fused-ring (bicyclic) bond motifs is 10. The van der Waals surface area contributed by atoms with E-state index in [-0.39, 0.29) is 0 Å². The topological polar surface area (TPSA) is 23.0 Å². The van der Waals surface area contributed by atoms with Crippen LogP contribution in [0.3, 0.4) is 0 Å². The molecular formula is C60H40N2OSi. The number of rotatable bonds is 7. The molecule has 0 aliphatic rings. The zero-order valence-electron chi connectivity index (χ0n) is 34.9. The maximum absolute atomic E-state index is 6.84. The number of para-hydroxylation sites is 4. The molecule has 10 aromatic carbocycles. The van der Waals surface area contributed by atoms with Crippen molar-refractivity contribution in [2.75, 3.05) is 0 Å². The highest BCUT2D eigenvalue weighted by Gasteiger charge is 2.41. The van der Waals surface area contributed by atoms with Crippen molar-refractivity contribution in [1.82, 2.24) is 9.13 Å². The molecule has 4 heteroatoms. The van der Waals surface area contributed by atoms with Crippen LogP contribution in [-0.2, 0) is 0 Å². The highest BCUT2D eigenvalue weighted by Crippen LogP contribution is 2.45. The molecule has 3 nitrogen and oxygen atoms in total. The van der Waals surface area contributed by atoms with E-state index >= 15 is 0 Å². The van der Waals surface area contributed by atoms with Crippen LogP contribution in [0.5, 0.6) is 0 Å². The monoisotopic (exact) mass is 832 g/mol. The average Bonchev–Trinajstić information content (AvgIpc) is 4.03. The Kier molecular flexibility index (Phi) is 8.23. The van der Waals surface area contributed by atoms with E-state index in [1.54, 1.807) is 0 Å². The average molecular weight is 833 g/mol. The predicted molar refractivity (Wildman–Crippen MR) is 271 cm³/mol. The van der Waals surface area contributed by atoms with Gasteiger partial charge in [-0.25, -0.2) is 0 Å². The minimum atomic E-state index is -2.83. The van der Waals surface area contributed by atoms with Crippen molar-refractivity contribution >= 4 is 94.4 Å². The summed E-state index contributed by atoms with van der Waals surface area (Å²) < 4.78 is 11.8. The van der Waals surface area contributed by atoms with Gasteiger partial charge in [-0.15, -0.1) is 0 Å². The molecule has 0 fully saturated rings. The molecule has 13 aromatic rings. The van der Waals surface area contributed by atoms with Gasteiger partial charge in [-0.3, -0.25) is 0 Å². The van der Waals surface area contributed by atoms with Crippen LogP contribution < -0.4 is 20.7 Å². The Hall–Kier alpha value is -8.18. The van der Waals surface area contributed by atoms with E-state index in [0.29, 0.717) is 0 Å². The maximum atomic E-state index is 6.84. The first-order chi connectivity index (χ1) is 31.8. The summed E-state index contributed by atoms with van der Waals surface area (Å²) in [6, 6.07) is 89.1. The van der Waals surface area contributed by atoms with Crippen LogP contribution >= 0.6 is 0 Å². The third kappa shape index (κ3) is 5.33. The third-order valence-electron chi connectivity index (χ3n) is 13.5. The second-order valence-electron chi connectivity index (χ2n) is 16.8. The molecule has 0 aliphatic carbocycles. The van der Waals surface area contributed by atoms with Crippen LogP contribution in [0.1, 0.15) is 0 Å². The standard InChI is InChI=1S/C60H40N2OSi/c1-4-18-41(19-5-1)42-32-36-46(37-33-42)64(44-20-6-2-7-21-44,45-22-8-3-9-23-45)47-38-34-43(35-39-47)61-54-30-16-12-26-50(54)58-55(40-57-59(60(58)61)51-27-13-17-31-56(51)63-57)62-52-28-14-10-24-48(52)49-25-11-15-29-53(49)62/h1-40H. The lowest BCUT2D eigenvalue weighted by molar-refractivity contribution is 0.669. The van der Waals surface area contributed by atoms with E-state index in [1.165, 1.54) is 64.5 Å². The lowest BCUT2D eigenvalue weighted by atomic mass is 10.1. The van der Waals surface area contributed by atoms with Gasteiger partial charge in [0.2, 0.25) is 0 Å². The third-order valence-corrected chi connectivity index (χ3v) is 18.3. The van der Waals surface area contributed by atoms with Crippen molar-refractivity contribution < 1.29 is 4.42 Å². The number of hydrogen-bond donors (Lipinski definition) is 0. The summed E-state index contributed by atoms with van der Waals surface area (Å²) in [5.74, 6) is 0. The number of benzene rings is 10. The fourth-order valence-electron chi connectivity index (χ4n) is 10.7. The van der Waals surface area contributed by atoms with E-state index in [9.17, 15) is 0 Å². The summed E-state index contributed by atoms with van der Waals surface area (Å²) in [6.45, 7) is 0. The summed E-state index contributed by atoms with van der Waals surface area (Å²) in [5.41, 5.74) is 11.0. The van der Waals surface area contributed by atoms with Crippen LogP contribution in [-0.4, -0.2) is 17.2 Å². The molecule has 300 valence electrons. The van der Waals surface area contributed by atoms with Gasteiger partial charge in [0.15, 0.2) is 8.07 Å². The first kappa shape index (κ1) is 36.5. The molecule has 0 atom stereocenters.